The molecule has 0 spiro atoms. The molecule has 3 aromatic carbocycles. The predicted octanol–water partition coefficient (Wildman–Crippen LogP) is 3.50. The highest BCUT2D eigenvalue weighted by molar-refractivity contribution is 6.06. The van der Waals surface area contributed by atoms with Crippen molar-refractivity contribution in [3.8, 4) is 5.75 Å². The third-order valence-electron chi connectivity index (χ3n) is 4.39. The number of nitrogens with two attached hydrogens (primary N) is 1. The van der Waals surface area contributed by atoms with E-state index in [1.807, 2.05) is 0 Å². The molecule has 0 aliphatic carbocycles. The van der Waals surface area contributed by atoms with Gasteiger partial charge in [-0.15, -0.1) is 0 Å². The number of halogens is 1. The first-order chi connectivity index (χ1) is 14.8. The lowest BCUT2D eigenvalue weighted by molar-refractivity contribution is -0.118. The normalized spacial score (nSPS) is 10.3. The monoisotopic (exact) mass is 421 g/mol. The summed E-state index contributed by atoms with van der Waals surface area (Å²) in [6.07, 6.45) is 0. The number of para-hydroxylation sites is 2. The predicted molar refractivity (Wildman–Crippen MR) is 115 cm³/mol. The molecule has 3 rings (SSSR count). The average Bonchev–Trinajstić information content (AvgIpc) is 2.74. The summed E-state index contributed by atoms with van der Waals surface area (Å²) < 4.78 is 19.1. The molecule has 7 nitrogen and oxygen atoms in total. The van der Waals surface area contributed by atoms with Crippen LogP contribution >= 0.6 is 0 Å². The van der Waals surface area contributed by atoms with E-state index in [-0.39, 0.29) is 17.0 Å². The molecule has 31 heavy (non-hydrogen) atoms. The van der Waals surface area contributed by atoms with Gasteiger partial charge in [-0.25, -0.2) is 4.39 Å². The maximum atomic E-state index is 13.7. The summed E-state index contributed by atoms with van der Waals surface area (Å²) in [5, 5.41) is 5.13. The van der Waals surface area contributed by atoms with E-state index in [2.05, 4.69) is 10.6 Å². The van der Waals surface area contributed by atoms with Crippen LogP contribution in [0.2, 0.25) is 0 Å². The fourth-order valence-electron chi connectivity index (χ4n) is 2.89. The highest BCUT2D eigenvalue weighted by Gasteiger charge is 2.15. The fraction of sp³-hybridized carbons (Fsp3) is 0.0870. The van der Waals surface area contributed by atoms with Crippen LogP contribution in [-0.2, 0) is 4.79 Å². The summed E-state index contributed by atoms with van der Waals surface area (Å²) in [6.45, 7) is 1.30. The second-order valence-corrected chi connectivity index (χ2v) is 6.66. The van der Waals surface area contributed by atoms with Crippen LogP contribution in [0.25, 0.3) is 0 Å². The van der Waals surface area contributed by atoms with Crippen LogP contribution in [-0.4, -0.2) is 24.3 Å². The van der Waals surface area contributed by atoms with E-state index < -0.39 is 30.1 Å². The number of carbonyl (C=O) groups is 3. The smallest absolute Gasteiger partial charge is 0.262 e. The molecule has 0 unspecified atom stereocenters. The van der Waals surface area contributed by atoms with Crippen LogP contribution < -0.4 is 21.1 Å². The van der Waals surface area contributed by atoms with E-state index in [0.717, 1.165) is 0 Å². The molecular weight excluding hydrogens is 401 g/mol. The molecule has 158 valence electrons. The number of hydrogen-bond acceptors (Lipinski definition) is 4. The van der Waals surface area contributed by atoms with Crippen molar-refractivity contribution in [1.29, 1.82) is 0 Å². The Labute approximate surface area is 178 Å². The van der Waals surface area contributed by atoms with Gasteiger partial charge in [0.15, 0.2) is 6.61 Å². The van der Waals surface area contributed by atoms with Gasteiger partial charge in [-0.2, -0.15) is 0 Å². The van der Waals surface area contributed by atoms with E-state index in [1.54, 1.807) is 49.4 Å². The molecule has 0 saturated carbocycles. The van der Waals surface area contributed by atoms with Gasteiger partial charge in [0.05, 0.1) is 11.3 Å². The Balaban J connectivity index is 1.67. The lowest BCUT2D eigenvalue weighted by atomic mass is 10.1. The van der Waals surface area contributed by atoms with Crippen molar-refractivity contribution in [1.82, 2.24) is 0 Å². The molecule has 0 aliphatic rings. The van der Waals surface area contributed by atoms with Gasteiger partial charge < -0.3 is 21.1 Å². The molecule has 4 N–H and O–H groups in total. The SMILES string of the molecule is Cc1cc(NC(=O)c2ccccc2OCC(=O)Nc2ccccc2F)ccc1C(N)=O. The number of hydrogen-bond donors (Lipinski definition) is 3. The highest BCUT2D eigenvalue weighted by atomic mass is 19.1. The number of anilines is 2. The van der Waals surface area contributed by atoms with E-state index in [0.29, 0.717) is 16.8 Å². The zero-order chi connectivity index (χ0) is 22.4. The molecule has 0 bridgehead atoms. The van der Waals surface area contributed by atoms with Gasteiger partial charge >= 0.3 is 0 Å². The van der Waals surface area contributed by atoms with E-state index in [1.165, 1.54) is 24.3 Å². The number of carbonyl (C=O) groups excluding carboxylic acids is 3. The van der Waals surface area contributed by atoms with Crippen LogP contribution in [0.1, 0.15) is 26.3 Å². The number of nitrogens with one attached hydrogen (secondary N) is 2. The Bertz CT molecular complexity index is 1150. The van der Waals surface area contributed by atoms with Crippen molar-refractivity contribution in [2.24, 2.45) is 5.73 Å². The third-order valence-corrected chi connectivity index (χ3v) is 4.39. The summed E-state index contributed by atoms with van der Waals surface area (Å²) in [7, 11) is 0. The van der Waals surface area contributed by atoms with Gasteiger partial charge in [0.25, 0.3) is 11.8 Å². The first-order valence-electron chi connectivity index (χ1n) is 9.33. The van der Waals surface area contributed by atoms with Crippen molar-refractivity contribution in [2.75, 3.05) is 17.2 Å². The molecule has 0 radical (unpaired) electrons. The molecule has 3 aromatic rings. The van der Waals surface area contributed by atoms with Crippen molar-refractivity contribution in [2.45, 2.75) is 6.92 Å². The van der Waals surface area contributed by atoms with Gasteiger partial charge in [0.2, 0.25) is 5.91 Å². The maximum Gasteiger partial charge on any atom is 0.262 e. The Hall–Kier alpha value is -4.20. The molecular formula is C23H20FN3O4. The van der Waals surface area contributed by atoms with Gasteiger partial charge in [-0.3, -0.25) is 14.4 Å². The van der Waals surface area contributed by atoms with Crippen LogP contribution in [0, 0.1) is 12.7 Å². The third kappa shape index (κ3) is 5.45. The molecule has 0 aliphatic heterocycles. The molecule has 0 saturated heterocycles. The first-order valence-corrected chi connectivity index (χ1v) is 9.33. The zero-order valence-electron chi connectivity index (χ0n) is 16.6. The van der Waals surface area contributed by atoms with Crippen molar-refractivity contribution < 1.29 is 23.5 Å². The summed E-state index contributed by atoms with van der Waals surface area (Å²) in [4.78, 5) is 36.2. The van der Waals surface area contributed by atoms with E-state index in [9.17, 15) is 18.8 Å². The first kappa shape index (κ1) is 21.5. The number of primary amides is 1. The Morgan fingerprint density at radius 3 is 2.35 bits per heavy atom. The largest absolute Gasteiger partial charge is 0.483 e. The minimum atomic E-state index is -0.571. The van der Waals surface area contributed by atoms with Gasteiger partial charge in [0, 0.05) is 11.3 Å². The van der Waals surface area contributed by atoms with E-state index in [4.69, 9.17) is 10.5 Å². The summed E-state index contributed by atoms with van der Waals surface area (Å²) in [6, 6.07) is 16.9. The number of aryl methyl sites for hydroxylation is 1. The number of rotatable bonds is 7. The summed E-state index contributed by atoms with van der Waals surface area (Å²) in [5.41, 5.74) is 7.00. The standard InChI is InChI=1S/C23H20FN3O4/c1-14-12-15(10-11-16(14)22(25)29)26-23(30)17-6-2-5-9-20(17)31-13-21(28)27-19-8-4-3-7-18(19)24/h2-12H,13H2,1H3,(H2,25,29)(H,26,30)(H,27,28). The van der Waals surface area contributed by atoms with Crippen LogP contribution in [0.5, 0.6) is 5.75 Å². The topological polar surface area (TPSA) is 111 Å². The van der Waals surface area contributed by atoms with Crippen LogP contribution in [0.3, 0.4) is 0 Å². The molecule has 3 amide bonds. The second kappa shape index (κ2) is 9.53. The minimum Gasteiger partial charge on any atom is -0.483 e. The Morgan fingerprint density at radius 1 is 0.935 bits per heavy atom. The molecule has 0 fully saturated rings. The van der Waals surface area contributed by atoms with Crippen LogP contribution in [0.4, 0.5) is 15.8 Å². The molecule has 0 aromatic heterocycles. The van der Waals surface area contributed by atoms with Crippen molar-refractivity contribution in [3.05, 3.63) is 89.2 Å². The minimum absolute atomic E-state index is 0.0388. The highest BCUT2D eigenvalue weighted by Crippen LogP contribution is 2.21. The molecule has 8 heteroatoms. The van der Waals surface area contributed by atoms with Gasteiger partial charge in [-0.1, -0.05) is 24.3 Å². The molecule has 0 atom stereocenters. The Morgan fingerprint density at radius 2 is 1.65 bits per heavy atom. The summed E-state index contributed by atoms with van der Waals surface area (Å²) >= 11 is 0. The molecule has 0 heterocycles. The van der Waals surface area contributed by atoms with Gasteiger partial charge in [0.1, 0.15) is 11.6 Å². The van der Waals surface area contributed by atoms with Gasteiger partial charge in [-0.05, 0) is 55.0 Å². The number of amides is 3. The lowest BCUT2D eigenvalue weighted by Gasteiger charge is -2.13. The fourth-order valence-corrected chi connectivity index (χ4v) is 2.89. The zero-order valence-corrected chi connectivity index (χ0v) is 16.6. The quantitative estimate of drug-likeness (QED) is 0.542. The maximum absolute atomic E-state index is 13.7. The Kier molecular flexibility index (Phi) is 6.61. The van der Waals surface area contributed by atoms with E-state index >= 15 is 0 Å². The number of benzene rings is 3. The van der Waals surface area contributed by atoms with Crippen molar-refractivity contribution >= 4 is 29.1 Å². The average molecular weight is 421 g/mol. The second-order valence-electron chi connectivity index (χ2n) is 6.66. The van der Waals surface area contributed by atoms with Crippen LogP contribution in [0.15, 0.2) is 66.7 Å². The summed E-state index contributed by atoms with van der Waals surface area (Å²) in [5.74, 6) is -1.96. The van der Waals surface area contributed by atoms with Crippen molar-refractivity contribution in [3.63, 3.8) is 0 Å². The number of ether oxygens (including phenoxy) is 1. The lowest BCUT2D eigenvalue weighted by Crippen LogP contribution is -2.22.